The van der Waals surface area contributed by atoms with Gasteiger partial charge >= 0.3 is 0 Å². The molecule has 10 aromatic rings. The SMILES string of the molecule is c1ccc(-c2cccc(-c3nc(-c4cccc5c4-c4c(ccc6ccccc46)C54c5ccccc5Oc5ccccc54)c4sc5ccccc5c4n3)c2)cc1. The zero-order valence-electron chi connectivity index (χ0n) is 29.5. The van der Waals surface area contributed by atoms with E-state index in [9.17, 15) is 0 Å². The number of para-hydroxylation sites is 2. The van der Waals surface area contributed by atoms with Gasteiger partial charge in [0.2, 0.25) is 0 Å². The summed E-state index contributed by atoms with van der Waals surface area (Å²) in [7, 11) is 0. The lowest BCUT2D eigenvalue weighted by atomic mass is 9.66. The third-order valence-corrected chi connectivity index (χ3v) is 12.7. The highest BCUT2D eigenvalue weighted by Gasteiger charge is 2.52. The van der Waals surface area contributed by atoms with Crippen LogP contribution in [-0.2, 0) is 5.41 Å². The Morgan fingerprint density at radius 3 is 1.93 bits per heavy atom. The second-order valence-corrected chi connectivity index (χ2v) is 15.5. The lowest BCUT2D eigenvalue weighted by Crippen LogP contribution is -2.32. The van der Waals surface area contributed by atoms with Gasteiger partial charge in [0.15, 0.2) is 5.82 Å². The molecule has 0 unspecified atom stereocenters. The van der Waals surface area contributed by atoms with Crippen molar-refractivity contribution in [2.45, 2.75) is 5.41 Å². The van der Waals surface area contributed by atoms with Gasteiger partial charge < -0.3 is 4.74 Å². The summed E-state index contributed by atoms with van der Waals surface area (Å²) < 4.78 is 8.97. The fourth-order valence-corrected chi connectivity index (χ4v) is 10.4. The first-order valence-corrected chi connectivity index (χ1v) is 19.5. The van der Waals surface area contributed by atoms with Crippen LogP contribution < -0.4 is 4.74 Å². The van der Waals surface area contributed by atoms with Crippen molar-refractivity contribution in [1.29, 1.82) is 0 Å². The molecule has 1 aliphatic carbocycles. The van der Waals surface area contributed by atoms with Crippen molar-refractivity contribution in [3.63, 3.8) is 0 Å². The summed E-state index contributed by atoms with van der Waals surface area (Å²) in [5.41, 5.74) is 13.0. The predicted octanol–water partition coefficient (Wildman–Crippen LogP) is 13.5. The molecule has 55 heavy (non-hydrogen) atoms. The summed E-state index contributed by atoms with van der Waals surface area (Å²) in [5.74, 6) is 2.48. The van der Waals surface area contributed by atoms with E-state index in [2.05, 4.69) is 182 Å². The van der Waals surface area contributed by atoms with E-state index in [-0.39, 0.29) is 0 Å². The summed E-state index contributed by atoms with van der Waals surface area (Å²) in [4.78, 5) is 11.0. The molecule has 3 heterocycles. The van der Waals surface area contributed by atoms with Crippen molar-refractivity contribution in [1.82, 2.24) is 9.97 Å². The standard InChI is InChI=1S/C51H30N2OS/c1-2-14-31(15-3-1)33-17-12-18-34(30-33)50-52-47-36-20-6-11-27-44(36)55-49(47)48(53-50)37-21-13-24-40-46(37)45-35-19-5-4-16-32(35)28-29-41(45)51(40)38-22-7-9-25-42(38)54-43-26-10-8-23-39(43)51/h1-30H. The van der Waals surface area contributed by atoms with E-state index >= 15 is 0 Å². The van der Waals surface area contributed by atoms with E-state index in [1.54, 1.807) is 11.3 Å². The molecule has 0 N–H and O–H groups in total. The molecule has 1 spiro atoms. The summed E-state index contributed by atoms with van der Waals surface area (Å²) in [5, 5.41) is 3.58. The summed E-state index contributed by atoms with van der Waals surface area (Å²) in [6.45, 7) is 0. The van der Waals surface area contributed by atoms with E-state index in [0.717, 1.165) is 60.6 Å². The molecule has 0 bridgehead atoms. The van der Waals surface area contributed by atoms with Crippen LogP contribution in [0.1, 0.15) is 22.3 Å². The molecule has 4 heteroatoms. The lowest BCUT2D eigenvalue weighted by Gasteiger charge is -2.39. The number of benzene rings is 8. The van der Waals surface area contributed by atoms with E-state index in [1.807, 2.05) is 0 Å². The summed E-state index contributed by atoms with van der Waals surface area (Å²) in [6, 6.07) is 65.2. The van der Waals surface area contributed by atoms with E-state index in [1.165, 1.54) is 43.3 Å². The lowest BCUT2D eigenvalue weighted by molar-refractivity contribution is 0.436. The van der Waals surface area contributed by atoms with Gasteiger partial charge in [-0.1, -0.05) is 158 Å². The normalized spacial score (nSPS) is 13.4. The number of aromatic nitrogens is 2. The molecular formula is C51H30N2OS. The van der Waals surface area contributed by atoms with Crippen LogP contribution >= 0.6 is 11.3 Å². The second-order valence-electron chi connectivity index (χ2n) is 14.4. The number of hydrogen-bond donors (Lipinski definition) is 0. The Labute approximate surface area is 321 Å². The molecule has 0 saturated carbocycles. The van der Waals surface area contributed by atoms with Crippen molar-refractivity contribution in [3.8, 4) is 56.4 Å². The molecule has 8 aromatic carbocycles. The molecule has 0 amide bonds. The molecule has 0 saturated heterocycles. The highest BCUT2D eigenvalue weighted by atomic mass is 32.1. The maximum atomic E-state index is 6.68. The number of ether oxygens (including phenoxy) is 1. The molecule has 0 radical (unpaired) electrons. The molecule has 2 aliphatic rings. The fourth-order valence-electron chi connectivity index (χ4n) is 9.28. The van der Waals surface area contributed by atoms with Gasteiger partial charge in [-0.3, -0.25) is 0 Å². The predicted molar refractivity (Wildman–Crippen MR) is 226 cm³/mol. The van der Waals surface area contributed by atoms with Gasteiger partial charge in [-0.05, 0) is 68.4 Å². The molecule has 2 aromatic heterocycles. The quantitative estimate of drug-likeness (QED) is 0.182. The van der Waals surface area contributed by atoms with Crippen molar-refractivity contribution in [3.05, 3.63) is 204 Å². The number of nitrogens with zero attached hydrogens (tertiary/aromatic N) is 2. The first-order valence-electron chi connectivity index (χ1n) is 18.7. The summed E-state index contributed by atoms with van der Waals surface area (Å²) >= 11 is 1.78. The number of rotatable bonds is 3. The van der Waals surface area contributed by atoms with Gasteiger partial charge in [-0.2, -0.15) is 0 Å². The zero-order chi connectivity index (χ0) is 36.1. The molecule has 12 rings (SSSR count). The average Bonchev–Trinajstić information content (AvgIpc) is 3.78. The second kappa shape index (κ2) is 11.6. The minimum atomic E-state index is -0.602. The van der Waals surface area contributed by atoms with E-state index in [4.69, 9.17) is 14.7 Å². The summed E-state index contributed by atoms with van der Waals surface area (Å²) in [6.07, 6.45) is 0. The Kier molecular flexibility index (Phi) is 6.42. The smallest absolute Gasteiger partial charge is 0.160 e. The van der Waals surface area contributed by atoms with E-state index < -0.39 is 5.41 Å². The van der Waals surface area contributed by atoms with Gasteiger partial charge in [0.25, 0.3) is 0 Å². The monoisotopic (exact) mass is 718 g/mol. The molecule has 3 nitrogen and oxygen atoms in total. The Hall–Kier alpha value is -6.88. The maximum absolute atomic E-state index is 6.68. The van der Waals surface area contributed by atoms with Crippen LogP contribution in [0.25, 0.3) is 76.0 Å². The maximum Gasteiger partial charge on any atom is 0.160 e. The van der Waals surface area contributed by atoms with E-state index in [0.29, 0.717) is 5.82 Å². The number of hydrogen-bond acceptors (Lipinski definition) is 4. The van der Waals surface area contributed by atoms with Crippen molar-refractivity contribution < 1.29 is 4.74 Å². The molecular weight excluding hydrogens is 689 g/mol. The van der Waals surface area contributed by atoms with Crippen LogP contribution in [0.15, 0.2) is 182 Å². The Balaban J connectivity index is 1.22. The minimum Gasteiger partial charge on any atom is -0.457 e. The van der Waals surface area contributed by atoms with Crippen LogP contribution in [0.4, 0.5) is 0 Å². The average molecular weight is 719 g/mol. The van der Waals surface area contributed by atoms with Crippen LogP contribution in [0.3, 0.4) is 0 Å². The van der Waals surface area contributed by atoms with Gasteiger partial charge in [-0.25, -0.2) is 9.97 Å². The number of fused-ring (bicyclic) bond motifs is 14. The van der Waals surface area contributed by atoms with Crippen molar-refractivity contribution in [2.24, 2.45) is 0 Å². The van der Waals surface area contributed by atoms with Crippen molar-refractivity contribution >= 4 is 42.4 Å². The molecule has 0 atom stereocenters. The Morgan fingerprint density at radius 1 is 0.455 bits per heavy atom. The fraction of sp³-hybridized carbons (Fsp3) is 0.0196. The van der Waals surface area contributed by atoms with Gasteiger partial charge in [0, 0.05) is 32.3 Å². The van der Waals surface area contributed by atoms with Gasteiger partial charge in [0.05, 0.1) is 21.3 Å². The van der Waals surface area contributed by atoms with Crippen LogP contribution in [0.5, 0.6) is 11.5 Å². The topological polar surface area (TPSA) is 35.0 Å². The Bertz CT molecular complexity index is 3150. The van der Waals surface area contributed by atoms with Crippen LogP contribution in [0, 0.1) is 0 Å². The largest absolute Gasteiger partial charge is 0.457 e. The molecule has 256 valence electrons. The Morgan fingerprint density at radius 2 is 1.09 bits per heavy atom. The van der Waals surface area contributed by atoms with Gasteiger partial charge in [-0.15, -0.1) is 11.3 Å². The third-order valence-electron chi connectivity index (χ3n) is 11.6. The van der Waals surface area contributed by atoms with Gasteiger partial charge in [0.1, 0.15) is 11.5 Å². The molecule has 0 fully saturated rings. The van der Waals surface area contributed by atoms with Crippen molar-refractivity contribution in [2.75, 3.05) is 0 Å². The molecule has 1 aliphatic heterocycles. The van der Waals surface area contributed by atoms with Crippen LogP contribution in [-0.4, -0.2) is 9.97 Å². The first-order chi connectivity index (χ1) is 27.3. The third kappa shape index (κ3) is 4.26. The van der Waals surface area contributed by atoms with Crippen LogP contribution in [0.2, 0.25) is 0 Å². The first kappa shape index (κ1) is 30.6. The number of thiophene rings is 1. The highest BCUT2D eigenvalue weighted by Crippen LogP contribution is 2.64. The highest BCUT2D eigenvalue weighted by molar-refractivity contribution is 7.26. The minimum absolute atomic E-state index is 0.602. The zero-order valence-corrected chi connectivity index (χ0v) is 30.3.